The number of carbonyl (C=O) groups excluding carboxylic acids is 1. The lowest BCUT2D eigenvalue weighted by Crippen LogP contribution is -2.33. The normalized spacial score (nSPS) is 18.9. The summed E-state index contributed by atoms with van der Waals surface area (Å²) in [7, 11) is 0. The Bertz CT molecular complexity index is 701. The second kappa shape index (κ2) is 7.37. The number of amides is 1. The third kappa shape index (κ3) is 3.70. The van der Waals surface area contributed by atoms with E-state index in [2.05, 4.69) is 15.5 Å². The van der Waals surface area contributed by atoms with E-state index in [1.54, 1.807) is 15.9 Å². The number of aromatic nitrogens is 3. The largest absolute Gasteiger partial charge is 0.378 e. The van der Waals surface area contributed by atoms with Crippen molar-refractivity contribution < 1.29 is 9.53 Å². The van der Waals surface area contributed by atoms with Gasteiger partial charge in [0.05, 0.1) is 11.0 Å². The highest BCUT2D eigenvalue weighted by Crippen LogP contribution is 2.25. The molecular formula is C15H20N4O2S2. The predicted molar refractivity (Wildman–Crippen MR) is 92.0 cm³/mol. The molecule has 124 valence electrons. The number of nitrogens with one attached hydrogen (secondary N) is 2. The van der Waals surface area contributed by atoms with Crippen LogP contribution in [-0.4, -0.2) is 39.9 Å². The Labute approximate surface area is 143 Å². The first-order chi connectivity index (χ1) is 11.2. The molecule has 23 heavy (non-hydrogen) atoms. The fraction of sp³-hybridized carbons (Fsp3) is 0.533. The van der Waals surface area contributed by atoms with Crippen LogP contribution < -0.4 is 5.32 Å². The van der Waals surface area contributed by atoms with Gasteiger partial charge in [0, 0.05) is 13.2 Å². The van der Waals surface area contributed by atoms with E-state index in [1.165, 1.54) is 0 Å². The molecule has 2 aromatic heterocycles. The van der Waals surface area contributed by atoms with Crippen LogP contribution in [0.1, 0.15) is 32.2 Å². The molecule has 0 aliphatic carbocycles. The molecule has 0 radical (unpaired) electrons. The molecule has 2 aromatic rings. The Morgan fingerprint density at radius 1 is 1.70 bits per heavy atom. The lowest BCUT2D eigenvalue weighted by molar-refractivity contribution is -0.123. The van der Waals surface area contributed by atoms with Crippen LogP contribution in [0.3, 0.4) is 0 Å². The number of hydrogen-bond acceptors (Lipinski definition) is 5. The van der Waals surface area contributed by atoms with Crippen molar-refractivity contribution in [2.45, 2.75) is 38.3 Å². The maximum absolute atomic E-state index is 12.4. The van der Waals surface area contributed by atoms with Crippen LogP contribution in [-0.2, 0) is 9.53 Å². The van der Waals surface area contributed by atoms with Gasteiger partial charge in [-0.15, -0.1) is 11.3 Å². The van der Waals surface area contributed by atoms with E-state index in [0.29, 0.717) is 17.1 Å². The number of nitrogens with zero attached hydrogens (tertiary/aromatic N) is 2. The highest BCUT2D eigenvalue weighted by Gasteiger charge is 2.22. The number of thiophene rings is 1. The van der Waals surface area contributed by atoms with Crippen molar-refractivity contribution in [1.82, 2.24) is 20.1 Å². The number of ether oxygens (including phenoxy) is 1. The molecule has 2 atom stereocenters. The second-order valence-corrected chi connectivity index (χ2v) is 6.92. The second-order valence-electron chi connectivity index (χ2n) is 5.59. The van der Waals surface area contributed by atoms with Gasteiger partial charge < -0.3 is 10.1 Å². The minimum atomic E-state index is -0.414. The van der Waals surface area contributed by atoms with E-state index in [-0.39, 0.29) is 12.0 Å². The quantitative estimate of drug-likeness (QED) is 0.784. The first-order valence-corrected chi connectivity index (χ1v) is 9.05. The number of hydrogen-bond donors (Lipinski definition) is 2. The van der Waals surface area contributed by atoms with Crippen LogP contribution in [0.25, 0.3) is 10.7 Å². The van der Waals surface area contributed by atoms with Gasteiger partial charge in [-0.2, -0.15) is 5.10 Å². The van der Waals surface area contributed by atoms with Crippen LogP contribution in [0.15, 0.2) is 17.5 Å². The van der Waals surface area contributed by atoms with Gasteiger partial charge in [0.2, 0.25) is 5.91 Å². The topological polar surface area (TPSA) is 71.9 Å². The molecule has 2 N–H and O–H groups in total. The molecule has 1 saturated heterocycles. The van der Waals surface area contributed by atoms with E-state index in [1.807, 2.05) is 24.4 Å². The van der Waals surface area contributed by atoms with Crippen molar-refractivity contribution in [3.63, 3.8) is 0 Å². The lowest BCUT2D eigenvalue weighted by atomic mass is 10.2. The van der Waals surface area contributed by atoms with Gasteiger partial charge in [-0.25, -0.2) is 0 Å². The molecule has 0 aromatic carbocycles. The van der Waals surface area contributed by atoms with Crippen LogP contribution in [0.2, 0.25) is 0 Å². The highest BCUT2D eigenvalue weighted by molar-refractivity contribution is 7.71. The molecule has 0 unspecified atom stereocenters. The summed E-state index contributed by atoms with van der Waals surface area (Å²) in [5, 5.41) is 12.0. The maximum atomic E-state index is 12.4. The van der Waals surface area contributed by atoms with E-state index < -0.39 is 6.04 Å². The fourth-order valence-corrected chi connectivity index (χ4v) is 3.74. The standard InChI is InChI=1S/C15H20N4O2S2/c1-10(14(20)16-7-6-11-4-2-8-21-11)19-13(17-18-15(19)22)12-5-3-9-23-12/h3,5,9-11H,2,4,6-8H2,1H3,(H,16,20)(H,18,22)/t10-,11+/m0/s1. The smallest absolute Gasteiger partial charge is 0.242 e. The molecule has 3 heterocycles. The van der Waals surface area contributed by atoms with Crippen molar-refractivity contribution in [1.29, 1.82) is 0 Å². The predicted octanol–water partition coefficient (Wildman–Crippen LogP) is 2.92. The van der Waals surface area contributed by atoms with Crippen molar-refractivity contribution in [3.8, 4) is 10.7 Å². The van der Waals surface area contributed by atoms with Crippen LogP contribution in [0.5, 0.6) is 0 Å². The lowest BCUT2D eigenvalue weighted by Gasteiger charge is -2.16. The average Bonchev–Trinajstić information content (AvgIpc) is 3.27. The summed E-state index contributed by atoms with van der Waals surface area (Å²) < 4.78 is 7.79. The molecule has 6 nitrogen and oxygen atoms in total. The van der Waals surface area contributed by atoms with E-state index in [4.69, 9.17) is 17.0 Å². The number of aromatic amines is 1. The maximum Gasteiger partial charge on any atom is 0.242 e. The van der Waals surface area contributed by atoms with Crippen molar-refractivity contribution in [3.05, 3.63) is 22.3 Å². The summed E-state index contributed by atoms with van der Waals surface area (Å²) in [6, 6.07) is 3.51. The van der Waals surface area contributed by atoms with Gasteiger partial charge >= 0.3 is 0 Å². The van der Waals surface area contributed by atoms with Crippen LogP contribution in [0, 0.1) is 4.77 Å². The fourth-order valence-electron chi connectivity index (χ4n) is 2.74. The van der Waals surface area contributed by atoms with Gasteiger partial charge in [0.15, 0.2) is 10.6 Å². The minimum Gasteiger partial charge on any atom is -0.378 e. The Hall–Kier alpha value is -1.51. The molecule has 0 spiro atoms. The van der Waals surface area contributed by atoms with Gasteiger partial charge in [-0.3, -0.25) is 14.5 Å². The molecule has 1 fully saturated rings. The SMILES string of the molecule is C[C@@H](C(=O)NCC[C@H]1CCCO1)n1c(-c2cccs2)n[nH]c1=S. The summed E-state index contributed by atoms with van der Waals surface area (Å²) in [5.41, 5.74) is 0. The monoisotopic (exact) mass is 352 g/mol. The number of H-pyrrole nitrogens is 1. The van der Waals surface area contributed by atoms with Crippen LogP contribution in [0.4, 0.5) is 0 Å². The molecule has 0 bridgehead atoms. The van der Waals surface area contributed by atoms with Gasteiger partial charge in [-0.05, 0) is 49.9 Å². The van der Waals surface area contributed by atoms with Gasteiger partial charge in [-0.1, -0.05) is 6.07 Å². The van der Waals surface area contributed by atoms with Gasteiger partial charge in [0.25, 0.3) is 0 Å². The third-order valence-corrected chi connectivity index (χ3v) is 5.16. The summed E-state index contributed by atoms with van der Waals surface area (Å²) in [5.74, 6) is 0.644. The minimum absolute atomic E-state index is 0.0571. The molecular weight excluding hydrogens is 332 g/mol. The summed E-state index contributed by atoms with van der Waals surface area (Å²) in [4.78, 5) is 13.4. The Morgan fingerprint density at radius 3 is 3.26 bits per heavy atom. The zero-order valence-corrected chi connectivity index (χ0v) is 14.6. The van der Waals surface area contributed by atoms with E-state index >= 15 is 0 Å². The van der Waals surface area contributed by atoms with E-state index in [9.17, 15) is 4.79 Å². The average molecular weight is 352 g/mol. The third-order valence-electron chi connectivity index (χ3n) is 4.00. The Morgan fingerprint density at radius 2 is 2.57 bits per heavy atom. The Balaban J connectivity index is 1.65. The first-order valence-electron chi connectivity index (χ1n) is 7.77. The van der Waals surface area contributed by atoms with Crippen LogP contribution >= 0.6 is 23.6 Å². The molecule has 0 saturated carbocycles. The molecule has 1 amide bonds. The summed E-state index contributed by atoms with van der Waals surface area (Å²) in [6.07, 6.45) is 3.33. The Kier molecular flexibility index (Phi) is 5.24. The molecule has 8 heteroatoms. The zero-order valence-electron chi connectivity index (χ0n) is 12.9. The van der Waals surface area contributed by atoms with E-state index in [0.717, 1.165) is 30.7 Å². The zero-order chi connectivity index (χ0) is 16.2. The summed E-state index contributed by atoms with van der Waals surface area (Å²) in [6.45, 7) is 3.29. The van der Waals surface area contributed by atoms with Crippen molar-refractivity contribution in [2.24, 2.45) is 0 Å². The summed E-state index contributed by atoms with van der Waals surface area (Å²) >= 11 is 6.86. The number of carbonyl (C=O) groups is 1. The first kappa shape index (κ1) is 16.4. The van der Waals surface area contributed by atoms with Crippen molar-refractivity contribution >= 4 is 29.5 Å². The number of rotatable bonds is 6. The molecule has 1 aliphatic heterocycles. The highest BCUT2D eigenvalue weighted by atomic mass is 32.1. The van der Waals surface area contributed by atoms with Crippen molar-refractivity contribution in [2.75, 3.05) is 13.2 Å². The van der Waals surface area contributed by atoms with Gasteiger partial charge in [0.1, 0.15) is 6.04 Å². The molecule has 1 aliphatic rings. The molecule has 3 rings (SSSR count).